The Balaban J connectivity index is 0.862. The number of nitrogens with zero attached hydrogens (tertiary/aromatic N) is 8. The fraction of sp³-hybridized carbons (Fsp3) is 0.0108. The highest BCUT2D eigenvalue weighted by atomic mass is 15.0. The van der Waals surface area contributed by atoms with E-state index in [1.54, 1.807) is 0 Å². The normalized spacial score (nSPS) is 12.0. The van der Waals surface area contributed by atoms with E-state index in [1.165, 1.54) is 43.1 Å². The molecule has 8 heteroatoms. The van der Waals surface area contributed by atoms with Gasteiger partial charge in [0.1, 0.15) is 0 Å². The maximum Gasteiger partial charge on any atom is 0.197 e. The molecular weight excluding hydrogens is 1230 g/mol. The van der Waals surface area contributed by atoms with E-state index >= 15 is 0 Å². The van der Waals surface area contributed by atoms with Crippen molar-refractivity contribution in [1.82, 2.24) is 27.4 Å². The molecule has 0 bridgehead atoms. The smallest absolute Gasteiger partial charge is 0.197 e. The average molecular weight is 1290 g/mol. The first kappa shape index (κ1) is 56.3. The Morgan fingerprint density at radius 2 is 0.584 bits per heavy atom. The van der Waals surface area contributed by atoms with Gasteiger partial charge in [0, 0.05) is 98.6 Å². The van der Waals surface area contributed by atoms with Gasteiger partial charge in [0.2, 0.25) is 0 Å². The van der Waals surface area contributed by atoms with Gasteiger partial charge in [-0.05, 0) is 181 Å². The lowest BCUT2D eigenvalue weighted by atomic mass is 9.92. The number of aryl methyl sites for hydroxylation is 1. The van der Waals surface area contributed by atoms with E-state index in [4.69, 9.17) is 0 Å². The van der Waals surface area contributed by atoms with Crippen molar-refractivity contribution < 1.29 is 0 Å². The van der Waals surface area contributed by atoms with Crippen LogP contribution in [0.4, 0.5) is 5.69 Å². The van der Waals surface area contributed by atoms with Gasteiger partial charge in [-0.25, -0.2) is 4.85 Å². The van der Waals surface area contributed by atoms with Crippen LogP contribution >= 0.6 is 0 Å². The van der Waals surface area contributed by atoms with E-state index < -0.39 is 0 Å². The maximum atomic E-state index is 10.2. The quantitative estimate of drug-likeness (QED) is 0.140. The number of nitriles is 1. The van der Waals surface area contributed by atoms with Crippen LogP contribution in [-0.4, -0.2) is 27.4 Å². The third kappa shape index (κ3) is 8.10. The summed E-state index contributed by atoms with van der Waals surface area (Å²) >= 11 is 0. The fourth-order valence-electron chi connectivity index (χ4n) is 17.1. The van der Waals surface area contributed by atoms with Crippen LogP contribution in [-0.2, 0) is 0 Å². The second-order valence-electron chi connectivity index (χ2n) is 26.6. The third-order valence-corrected chi connectivity index (χ3v) is 21.4. The van der Waals surface area contributed by atoms with Gasteiger partial charge in [0.15, 0.2) is 5.69 Å². The minimum absolute atomic E-state index is 0.513. The lowest BCUT2D eigenvalue weighted by Gasteiger charge is -2.21. The van der Waals surface area contributed by atoms with Crippen molar-refractivity contribution in [2.45, 2.75) is 6.92 Å². The largest absolute Gasteiger partial charge is 0.310 e. The molecule has 0 saturated heterocycles. The first-order chi connectivity index (χ1) is 50.0. The number of aromatic nitrogens is 6. The van der Waals surface area contributed by atoms with Gasteiger partial charge in [0.25, 0.3) is 0 Å². The molecule has 0 aliphatic heterocycles. The molecule has 468 valence electrons. The van der Waals surface area contributed by atoms with Crippen molar-refractivity contribution in [2.75, 3.05) is 0 Å². The van der Waals surface area contributed by atoms with Gasteiger partial charge in [0.05, 0.1) is 90.1 Å². The minimum Gasteiger partial charge on any atom is -0.310 e. The number of benzene rings is 15. The Kier molecular flexibility index (Phi) is 12.0. The summed E-state index contributed by atoms with van der Waals surface area (Å²) in [6, 6.07) is 119. The second-order valence-corrected chi connectivity index (χ2v) is 26.6. The van der Waals surface area contributed by atoms with Crippen LogP contribution in [0.25, 0.3) is 192 Å². The van der Waals surface area contributed by atoms with E-state index in [1.807, 2.05) is 24.3 Å². The third-order valence-electron chi connectivity index (χ3n) is 21.4. The molecule has 0 N–H and O–H groups in total. The molecule has 6 aromatic heterocycles. The summed E-state index contributed by atoms with van der Waals surface area (Å²) in [6.07, 6.45) is 0. The molecule has 0 saturated carbocycles. The summed E-state index contributed by atoms with van der Waals surface area (Å²) in [7, 11) is 0. The van der Waals surface area contributed by atoms with Gasteiger partial charge < -0.3 is 27.4 Å². The van der Waals surface area contributed by atoms with E-state index in [2.05, 4.69) is 342 Å². The highest BCUT2D eigenvalue weighted by Gasteiger charge is 2.27. The Morgan fingerprint density at radius 1 is 0.267 bits per heavy atom. The number of fused-ring (bicyclic) bond motifs is 18. The van der Waals surface area contributed by atoms with E-state index in [0.29, 0.717) is 11.3 Å². The summed E-state index contributed by atoms with van der Waals surface area (Å²) in [6.45, 7) is 11.4. The van der Waals surface area contributed by atoms with Gasteiger partial charge in [-0.15, -0.1) is 0 Å². The molecule has 21 rings (SSSR count). The molecule has 0 aliphatic rings. The summed E-state index contributed by atoms with van der Waals surface area (Å²) in [5.41, 5.74) is 24.8. The van der Waals surface area contributed by atoms with Crippen LogP contribution < -0.4 is 0 Å². The Hall–Kier alpha value is -13.9. The molecule has 0 radical (unpaired) electrons. The number of para-hydroxylation sites is 8. The molecule has 0 amide bonds. The molecule has 101 heavy (non-hydrogen) atoms. The molecule has 21 aromatic rings. The molecule has 0 spiro atoms. The molecule has 6 heterocycles. The molecule has 15 aromatic carbocycles. The number of rotatable bonds is 8. The summed E-state index contributed by atoms with van der Waals surface area (Å²) in [5.74, 6) is 0. The zero-order chi connectivity index (χ0) is 66.7. The predicted molar refractivity (Wildman–Crippen MR) is 419 cm³/mol. The summed E-state index contributed by atoms with van der Waals surface area (Å²) in [4.78, 5) is 4.54. The lowest BCUT2D eigenvalue weighted by Crippen LogP contribution is -2.03. The summed E-state index contributed by atoms with van der Waals surface area (Å²) < 4.78 is 14.5. The van der Waals surface area contributed by atoms with Crippen molar-refractivity contribution in [2.24, 2.45) is 0 Å². The Bertz CT molecular complexity index is 6710. The van der Waals surface area contributed by atoms with Gasteiger partial charge in [-0.1, -0.05) is 170 Å². The van der Waals surface area contributed by atoms with Crippen molar-refractivity contribution in [1.29, 1.82) is 5.26 Å². The number of hydrogen-bond donors (Lipinski definition) is 0. The van der Waals surface area contributed by atoms with Crippen LogP contribution in [0.15, 0.2) is 322 Å². The highest BCUT2D eigenvalue weighted by Crippen LogP contribution is 2.49. The van der Waals surface area contributed by atoms with Crippen LogP contribution in [0.3, 0.4) is 0 Å². The van der Waals surface area contributed by atoms with Gasteiger partial charge in [-0.2, -0.15) is 5.26 Å². The first-order valence-electron chi connectivity index (χ1n) is 34.2. The molecule has 0 atom stereocenters. The van der Waals surface area contributed by atoms with Crippen LogP contribution in [0.5, 0.6) is 0 Å². The Labute approximate surface area is 579 Å². The lowest BCUT2D eigenvalue weighted by molar-refractivity contribution is 1.15. The van der Waals surface area contributed by atoms with Crippen molar-refractivity contribution in [3.63, 3.8) is 0 Å². The minimum atomic E-state index is 0.513. The monoisotopic (exact) mass is 1280 g/mol. The van der Waals surface area contributed by atoms with E-state index in [-0.39, 0.29) is 0 Å². The van der Waals surface area contributed by atoms with Crippen LogP contribution in [0.1, 0.15) is 11.1 Å². The predicted octanol–water partition coefficient (Wildman–Crippen LogP) is 24.3. The van der Waals surface area contributed by atoms with Crippen LogP contribution in [0.2, 0.25) is 0 Å². The zero-order valence-electron chi connectivity index (χ0n) is 54.7. The van der Waals surface area contributed by atoms with E-state index in [0.717, 1.165) is 150 Å². The topological polar surface area (TPSA) is 57.7 Å². The maximum absolute atomic E-state index is 10.2. The Morgan fingerprint density at radius 3 is 0.901 bits per heavy atom. The molecule has 0 fully saturated rings. The van der Waals surface area contributed by atoms with E-state index in [9.17, 15) is 11.8 Å². The standard InChI is InChI=1S/C93H56N8/c1-57-50-58(56-94)38-44-64(57)59-39-45-91(100-87-46-40-60(96-79-29-11-3-20-65(79)66-21-4-12-30-80(66)96)52-73(87)74-53-61(41-47-88(74)100)97-81-31-13-5-22-67(81)68-23-6-14-32-82(68)97)77(51-59)93-78(95-2)28-19-37-92(93)101-89-48-42-62(98-83-33-15-7-24-69(83)70-25-8-16-34-84(70)98)54-75(89)76-55-63(43-49-90(76)101)99-85-35-17-9-26-71(85)72-27-10-18-36-86(72)99/h3-55H,1H3. The van der Waals surface area contributed by atoms with Crippen molar-refractivity contribution >= 4 is 137 Å². The second kappa shape index (κ2) is 21.5. The summed E-state index contributed by atoms with van der Waals surface area (Å²) in [5, 5.41) is 24.1. The van der Waals surface area contributed by atoms with Crippen LogP contribution in [0, 0.1) is 24.8 Å². The highest BCUT2D eigenvalue weighted by molar-refractivity contribution is 6.18. The fourth-order valence-corrected chi connectivity index (χ4v) is 17.1. The molecular formula is C93H56N8. The molecule has 0 aliphatic carbocycles. The zero-order valence-corrected chi connectivity index (χ0v) is 54.7. The van der Waals surface area contributed by atoms with Crippen molar-refractivity contribution in [3.8, 4) is 62.4 Å². The first-order valence-corrected chi connectivity index (χ1v) is 34.2. The van der Waals surface area contributed by atoms with Gasteiger partial charge in [-0.3, -0.25) is 0 Å². The molecule has 8 nitrogen and oxygen atoms in total. The number of hydrogen-bond acceptors (Lipinski definition) is 1. The average Bonchev–Trinajstić information content (AvgIpc) is 1.60. The van der Waals surface area contributed by atoms with Gasteiger partial charge >= 0.3 is 0 Å². The molecule has 0 unspecified atom stereocenters. The SMILES string of the molecule is [C-]#[N+]c1cccc(-n2c3ccc(-n4c5ccccc5c5ccccc54)cc3c3cc(-n4c5ccccc5c5ccccc54)ccc32)c1-c1cc(-c2ccc(C#N)cc2C)ccc1-n1c2ccc(-n3c4ccccc4c4ccccc43)cc2c2cc(-n3c4ccccc4c4ccccc43)ccc21. The van der Waals surface area contributed by atoms with Crippen molar-refractivity contribution in [3.05, 3.63) is 344 Å².